The summed E-state index contributed by atoms with van der Waals surface area (Å²) in [6.07, 6.45) is -2.34. The summed E-state index contributed by atoms with van der Waals surface area (Å²) in [4.78, 5) is 36.3. The number of hydrogen-bond donors (Lipinski definition) is 4. The highest BCUT2D eigenvalue weighted by atomic mass is 16.5. The van der Waals surface area contributed by atoms with Crippen LogP contribution in [0.5, 0.6) is 0 Å². The Hall–Kier alpha value is -4.17. The SMILES string of the molecule is O=C(N[C@H](Cc1ccccc1)C(=O)NCC(O)C(=O)O)OCC1c2ccccc2-c2ccccc21. The van der Waals surface area contributed by atoms with E-state index in [1.54, 1.807) is 0 Å². The van der Waals surface area contributed by atoms with Crippen molar-refractivity contribution < 1.29 is 29.3 Å². The van der Waals surface area contributed by atoms with Crippen LogP contribution >= 0.6 is 0 Å². The summed E-state index contributed by atoms with van der Waals surface area (Å²) in [5.74, 6) is -2.20. The zero-order valence-electron chi connectivity index (χ0n) is 18.9. The molecule has 0 heterocycles. The van der Waals surface area contributed by atoms with Crippen molar-refractivity contribution in [2.45, 2.75) is 24.5 Å². The lowest BCUT2D eigenvalue weighted by Crippen LogP contribution is -2.50. The van der Waals surface area contributed by atoms with Gasteiger partial charge in [0, 0.05) is 12.3 Å². The van der Waals surface area contributed by atoms with E-state index in [-0.39, 0.29) is 18.9 Å². The molecule has 0 fully saturated rings. The van der Waals surface area contributed by atoms with Crippen LogP contribution in [0.3, 0.4) is 0 Å². The van der Waals surface area contributed by atoms with Gasteiger partial charge in [0.2, 0.25) is 5.91 Å². The van der Waals surface area contributed by atoms with E-state index in [0.29, 0.717) is 0 Å². The second kappa shape index (κ2) is 10.8. The number of hydrogen-bond acceptors (Lipinski definition) is 5. The molecule has 2 atom stereocenters. The van der Waals surface area contributed by atoms with E-state index in [1.165, 1.54) is 0 Å². The highest BCUT2D eigenvalue weighted by Gasteiger charge is 2.30. The van der Waals surface area contributed by atoms with Gasteiger partial charge in [0.15, 0.2) is 6.10 Å². The smallest absolute Gasteiger partial charge is 0.407 e. The quantitative estimate of drug-likeness (QED) is 0.378. The molecule has 0 saturated heterocycles. The second-order valence-electron chi connectivity index (χ2n) is 8.31. The number of carboxylic acids is 1. The van der Waals surface area contributed by atoms with Crippen LogP contribution in [0, 0.1) is 0 Å². The summed E-state index contributed by atoms with van der Waals surface area (Å²) in [7, 11) is 0. The van der Waals surface area contributed by atoms with Crippen molar-refractivity contribution in [2.75, 3.05) is 13.2 Å². The van der Waals surface area contributed by atoms with E-state index in [1.807, 2.05) is 78.9 Å². The van der Waals surface area contributed by atoms with Gasteiger partial charge in [0.25, 0.3) is 0 Å². The standard InChI is InChI=1S/C27H26N2O6/c30-24(26(32)33)15-28-25(31)23(14-17-8-2-1-3-9-17)29-27(34)35-16-22-20-12-6-4-10-18(20)19-11-5-7-13-21(19)22/h1-13,22-24,30H,14-16H2,(H,28,31)(H,29,34)(H,32,33)/t23-,24?/m1/s1. The van der Waals surface area contributed by atoms with Crippen LogP contribution in [0.1, 0.15) is 22.6 Å². The number of alkyl carbamates (subject to hydrolysis) is 1. The molecule has 35 heavy (non-hydrogen) atoms. The van der Waals surface area contributed by atoms with Crippen molar-refractivity contribution in [3.63, 3.8) is 0 Å². The van der Waals surface area contributed by atoms with Crippen LogP contribution in [0.4, 0.5) is 4.79 Å². The Bertz CT molecular complexity index is 1170. The summed E-state index contributed by atoms with van der Waals surface area (Å²) < 4.78 is 5.55. The maximum absolute atomic E-state index is 12.7. The average molecular weight is 475 g/mol. The van der Waals surface area contributed by atoms with Crippen molar-refractivity contribution in [2.24, 2.45) is 0 Å². The number of nitrogens with one attached hydrogen (secondary N) is 2. The molecule has 3 aromatic carbocycles. The van der Waals surface area contributed by atoms with Gasteiger partial charge in [-0.2, -0.15) is 0 Å². The fraction of sp³-hybridized carbons (Fsp3) is 0.222. The predicted octanol–water partition coefficient (Wildman–Crippen LogP) is 2.70. The van der Waals surface area contributed by atoms with Gasteiger partial charge in [-0.3, -0.25) is 4.79 Å². The second-order valence-corrected chi connectivity index (χ2v) is 8.31. The molecule has 0 spiro atoms. The lowest BCUT2D eigenvalue weighted by atomic mass is 9.98. The number of benzene rings is 3. The van der Waals surface area contributed by atoms with Crippen LogP contribution in [-0.4, -0.2) is 53.5 Å². The molecule has 180 valence electrons. The number of carboxylic acid groups (broad SMARTS) is 1. The van der Waals surface area contributed by atoms with E-state index >= 15 is 0 Å². The maximum atomic E-state index is 12.7. The average Bonchev–Trinajstić information content (AvgIpc) is 3.19. The first-order chi connectivity index (χ1) is 16.9. The van der Waals surface area contributed by atoms with Crippen LogP contribution in [0.25, 0.3) is 11.1 Å². The van der Waals surface area contributed by atoms with Crippen molar-refractivity contribution in [1.82, 2.24) is 10.6 Å². The lowest BCUT2D eigenvalue weighted by Gasteiger charge is -2.20. The van der Waals surface area contributed by atoms with Crippen molar-refractivity contribution in [1.29, 1.82) is 0 Å². The fourth-order valence-corrected chi connectivity index (χ4v) is 4.25. The van der Waals surface area contributed by atoms with Gasteiger partial charge >= 0.3 is 12.1 Å². The van der Waals surface area contributed by atoms with Gasteiger partial charge in [0.1, 0.15) is 12.6 Å². The van der Waals surface area contributed by atoms with E-state index in [0.717, 1.165) is 27.8 Å². The number of aliphatic hydroxyl groups is 1. The summed E-state index contributed by atoms with van der Waals surface area (Å²) in [6, 6.07) is 24.0. The molecule has 3 aromatic rings. The van der Waals surface area contributed by atoms with E-state index < -0.39 is 36.7 Å². The van der Waals surface area contributed by atoms with Crippen LogP contribution in [0.2, 0.25) is 0 Å². The Morgan fingerprint density at radius 2 is 1.43 bits per heavy atom. The minimum absolute atomic E-state index is 0.0945. The molecule has 0 bridgehead atoms. The molecular formula is C27H26N2O6. The third kappa shape index (κ3) is 5.67. The van der Waals surface area contributed by atoms with Crippen LogP contribution in [0.15, 0.2) is 78.9 Å². The van der Waals surface area contributed by atoms with Gasteiger partial charge in [0.05, 0.1) is 6.54 Å². The van der Waals surface area contributed by atoms with Gasteiger partial charge in [-0.15, -0.1) is 0 Å². The fourth-order valence-electron chi connectivity index (χ4n) is 4.25. The van der Waals surface area contributed by atoms with Gasteiger partial charge < -0.3 is 25.6 Å². The topological polar surface area (TPSA) is 125 Å². The first-order valence-corrected chi connectivity index (χ1v) is 11.3. The van der Waals surface area contributed by atoms with Gasteiger partial charge in [-0.1, -0.05) is 78.9 Å². The monoisotopic (exact) mass is 474 g/mol. The first kappa shape index (κ1) is 24.0. The number of fused-ring (bicyclic) bond motifs is 3. The number of aliphatic carboxylic acids is 1. The number of aliphatic hydroxyl groups excluding tert-OH is 1. The number of carbonyl (C=O) groups excluding carboxylic acids is 2. The molecule has 4 N–H and O–H groups in total. The number of ether oxygens (including phenoxy) is 1. The highest BCUT2D eigenvalue weighted by molar-refractivity contribution is 5.86. The van der Waals surface area contributed by atoms with E-state index in [4.69, 9.17) is 9.84 Å². The normalized spacial score (nSPS) is 13.7. The third-order valence-corrected chi connectivity index (χ3v) is 5.99. The predicted molar refractivity (Wildman–Crippen MR) is 129 cm³/mol. The van der Waals surface area contributed by atoms with Crippen molar-refractivity contribution in [3.8, 4) is 11.1 Å². The zero-order chi connectivity index (χ0) is 24.8. The molecule has 1 aliphatic rings. The molecule has 8 heteroatoms. The molecule has 4 rings (SSSR count). The Morgan fingerprint density at radius 1 is 0.857 bits per heavy atom. The Morgan fingerprint density at radius 3 is 2.03 bits per heavy atom. The summed E-state index contributed by atoms with van der Waals surface area (Å²) in [5.41, 5.74) is 5.15. The third-order valence-electron chi connectivity index (χ3n) is 5.99. The van der Waals surface area contributed by atoms with E-state index in [2.05, 4.69) is 10.6 Å². The molecule has 1 unspecified atom stereocenters. The number of carbonyl (C=O) groups is 3. The van der Waals surface area contributed by atoms with Crippen LogP contribution < -0.4 is 10.6 Å². The molecule has 1 aliphatic carbocycles. The molecular weight excluding hydrogens is 448 g/mol. The molecule has 0 aromatic heterocycles. The van der Waals surface area contributed by atoms with Crippen molar-refractivity contribution >= 4 is 18.0 Å². The van der Waals surface area contributed by atoms with Crippen LogP contribution in [-0.2, 0) is 20.7 Å². The Labute approximate surface area is 202 Å². The molecule has 0 radical (unpaired) electrons. The van der Waals surface area contributed by atoms with Gasteiger partial charge in [-0.05, 0) is 27.8 Å². The summed E-state index contributed by atoms with van der Waals surface area (Å²) in [5, 5.41) is 23.3. The molecule has 8 nitrogen and oxygen atoms in total. The van der Waals surface area contributed by atoms with Crippen molar-refractivity contribution in [3.05, 3.63) is 95.6 Å². The largest absolute Gasteiger partial charge is 0.479 e. The summed E-state index contributed by atoms with van der Waals surface area (Å²) in [6.45, 7) is -0.386. The number of rotatable bonds is 9. The van der Waals surface area contributed by atoms with Gasteiger partial charge in [-0.25, -0.2) is 9.59 Å². The molecule has 0 saturated carbocycles. The minimum atomic E-state index is -1.74. The highest BCUT2D eigenvalue weighted by Crippen LogP contribution is 2.44. The summed E-state index contributed by atoms with van der Waals surface area (Å²) >= 11 is 0. The number of amides is 2. The maximum Gasteiger partial charge on any atom is 0.407 e. The first-order valence-electron chi connectivity index (χ1n) is 11.3. The Kier molecular flexibility index (Phi) is 7.42. The van der Waals surface area contributed by atoms with E-state index in [9.17, 15) is 19.5 Å². The molecule has 0 aliphatic heterocycles. The Balaban J connectivity index is 1.43. The lowest BCUT2D eigenvalue weighted by molar-refractivity contribution is -0.146. The minimum Gasteiger partial charge on any atom is -0.479 e. The zero-order valence-corrected chi connectivity index (χ0v) is 18.9. The molecule has 2 amide bonds.